The number of nitrogens with zero attached hydrogens (tertiary/aromatic N) is 2. The van der Waals surface area contributed by atoms with E-state index in [9.17, 15) is 4.79 Å². The van der Waals surface area contributed by atoms with Crippen molar-refractivity contribution >= 4 is 17.2 Å². The molecule has 0 fully saturated rings. The lowest BCUT2D eigenvalue weighted by Crippen LogP contribution is -2.27. The van der Waals surface area contributed by atoms with Crippen LogP contribution in [-0.4, -0.2) is 22.4 Å². The smallest absolute Gasteiger partial charge is 0.224 e. The van der Waals surface area contributed by atoms with Crippen molar-refractivity contribution in [2.24, 2.45) is 0 Å². The lowest BCUT2D eigenvalue weighted by molar-refractivity contribution is -0.120. The van der Waals surface area contributed by atoms with Gasteiger partial charge in [-0.3, -0.25) is 4.79 Å². The number of thiophene rings is 1. The zero-order chi connectivity index (χ0) is 14.7. The van der Waals surface area contributed by atoms with Crippen LogP contribution < -0.4 is 5.32 Å². The highest BCUT2D eigenvalue weighted by atomic mass is 32.1. The number of fused-ring (bicyclic) bond motifs is 1. The number of aryl methyl sites for hydroxylation is 2. The fraction of sp³-hybridized carbons (Fsp3) is 0.438. The summed E-state index contributed by atoms with van der Waals surface area (Å²) in [6, 6.07) is 1.98. The number of hydrogen-bond donors (Lipinski definition) is 1. The molecule has 0 spiro atoms. The largest absolute Gasteiger partial charge is 0.355 e. The van der Waals surface area contributed by atoms with Crippen LogP contribution in [0.25, 0.3) is 0 Å². The standard InChI is InChI=1S/C16H19N3OS/c1-11-13-3-2-4-14(13)19-15(18-11)5-7-17-16(20)9-12-6-8-21-10-12/h6,8,10H,2-5,7,9H2,1H3,(H,17,20). The van der Waals surface area contributed by atoms with E-state index in [-0.39, 0.29) is 5.91 Å². The SMILES string of the molecule is Cc1nc(CCNC(=O)Cc2ccsc2)nc2c1CCC2. The number of carbonyl (C=O) groups excluding carboxylic acids is 1. The third kappa shape index (κ3) is 3.47. The Hall–Kier alpha value is -1.75. The van der Waals surface area contributed by atoms with Gasteiger partial charge in [-0.1, -0.05) is 0 Å². The monoisotopic (exact) mass is 301 g/mol. The van der Waals surface area contributed by atoms with Crippen molar-refractivity contribution in [3.8, 4) is 0 Å². The fourth-order valence-corrected chi connectivity index (χ4v) is 3.42. The normalized spacial score (nSPS) is 13.2. The van der Waals surface area contributed by atoms with Gasteiger partial charge in [-0.2, -0.15) is 11.3 Å². The molecule has 3 rings (SSSR count). The van der Waals surface area contributed by atoms with E-state index in [0.717, 1.165) is 29.9 Å². The molecule has 1 aliphatic carbocycles. The molecule has 0 aromatic carbocycles. The fourth-order valence-electron chi connectivity index (χ4n) is 2.75. The van der Waals surface area contributed by atoms with Gasteiger partial charge in [-0.05, 0) is 54.1 Å². The molecule has 0 aliphatic heterocycles. The van der Waals surface area contributed by atoms with Crippen LogP contribution in [0.5, 0.6) is 0 Å². The minimum atomic E-state index is 0.0614. The molecule has 1 aliphatic rings. The predicted molar refractivity (Wildman–Crippen MR) is 83.5 cm³/mol. The van der Waals surface area contributed by atoms with Crippen molar-refractivity contribution in [3.05, 3.63) is 45.2 Å². The summed E-state index contributed by atoms with van der Waals surface area (Å²) in [7, 11) is 0. The zero-order valence-electron chi connectivity index (χ0n) is 12.2. The van der Waals surface area contributed by atoms with Crippen molar-refractivity contribution in [1.29, 1.82) is 0 Å². The molecule has 4 nitrogen and oxygen atoms in total. The Kier molecular flexibility index (Phi) is 4.29. The van der Waals surface area contributed by atoms with Crippen LogP contribution in [0.1, 0.15) is 34.8 Å². The van der Waals surface area contributed by atoms with Gasteiger partial charge in [0.15, 0.2) is 0 Å². The Bertz CT molecular complexity index is 637. The van der Waals surface area contributed by atoms with Crippen LogP contribution >= 0.6 is 11.3 Å². The molecule has 1 N–H and O–H groups in total. The second-order valence-electron chi connectivity index (χ2n) is 5.41. The quantitative estimate of drug-likeness (QED) is 0.921. The second kappa shape index (κ2) is 6.35. The summed E-state index contributed by atoms with van der Waals surface area (Å²) < 4.78 is 0. The molecule has 0 radical (unpaired) electrons. The topological polar surface area (TPSA) is 54.9 Å². The number of rotatable bonds is 5. The maximum Gasteiger partial charge on any atom is 0.224 e. The van der Waals surface area contributed by atoms with Crippen molar-refractivity contribution in [2.45, 2.75) is 39.0 Å². The molecule has 0 saturated heterocycles. The molecule has 2 heterocycles. The van der Waals surface area contributed by atoms with E-state index in [1.54, 1.807) is 11.3 Å². The average molecular weight is 301 g/mol. The Morgan fingerprint density at radius 2 is 2.29 bits per heavy atom. The van der Waals surface area contributed by atoms with Crippen LogP contribution in [0, 0.1) is 6.92 Å². The summed E-state index contributed by atoms with van der Waals surface area (Å²) in [6.45, 7) is 2.66. The third-order valence-corrected chi connectivity index (χ3v) is 4.53. The molecule has 1 amide bonds. The van der Waals surface area contributed by atoms with Gasteiger partial charge in [0.2, 0.25) is 5.91 Å². The van der Waals surface area contributed by atoms with E-state index < -0.39 is 0 Å². The second-order valence-corrected chi connectivity index (χ2v) is 6.19. The van der Waals surface area contributed by atoms with Gasteiger partial charge in [-0.25, -0.2) is 9.97 Å². The number of nitrogens with one attached hydrogen (secondary N) is 1. The van der Waals surface area contributed by atoms with Gasteiger partial charge in [0, 0.05) is 24.4 Å². The maximum atomic E-state index is 11.8. The molecule has 5 heteroatoms. The lowest BCUT2D eigenvalue weighted by Gasteiger charge is -2.08. The Morgan fingerprint density at radius 3 is 3.10 bits per heavy atom. The van der Waals surface area contributed by atoms with Gasteiger partial charge in [0.25, 0.3) is 0 Å². The highest BCUT2D eigenvalue weighted by Crippen LogP contribution is 2.22. The predicted octanol–water partition coefficient (Wildman–Crippen LogP) is 2.24. The van der Waals surface area contributed by atoms with Crippen LogP contribution in [0.4, 0.5) is 0 Å². The van der Waals surface area contributed by atoms with Crippen molar-refractivity contribution < 1.29 is 4.79 Å². The first-order chi connectivity index (χ1) is 10.2. The molecular weight excluding hydrogens is 282 g/mol. The molecule has 0 atom stereocenters. The van der Waals surface area contributed by atoms with E-state index in [4.69, 9.17) is 0 Å². The summed E-state index contributed by atoms with van der Waals surface area (Å²) >= 11 is 1.62. The summed E-state index contributed by atoms with van der Waals surface area (Å²) in [5.74, 6) is 0.912. The minimum absolute atomic E-state index is 0.0614. The van der Waals surface area contributed by atoms with Crippen LogP contribution in [0.15, 0.2) is 16.8 Å². The van der Waals surface area contributed by atoms with Crippen LogP contribution in [0.3, 0.4) is 0 Å². The van der Waals surface area contributed by atoms with E-state index in [0.29, 0.717) is 19.4 Å². The van der Waals surface area contributed by atoms with Crippen LogP contribution in [-0.2, 0) is 30.5 Å². The first-order valence-electron chi connectivity index (χ1n) is 7.35. The summed E-state index contributed by atoms with van der Waals surface area (Å²) in [4.78, 5) is 21.0. The highest BCUT2D eigenvalue weighted by Gasteiger charge is 2.16. The average Bonchev–Trinajstić information content (AvgIpc) is 3.09. The molecular formula is C16H19N3OS. The molecule has 0 unspecified atom stereocenters. The van der Waals surface area contributed by atoms with Crippen molar-refractivity contribution in [1.82, 2.24) is 15.3 Å². The van der Waals surface area contributed by atoms with Gasteiger partial charge >= 0.3 is 0 Å². The van der Waals surface area contributed by atoms with E-state index >= 15 is 0 Å². The molecule has 2 aromatic heterocycles. The van der Waals surface area contributed by atoms with Gasteiger partial charge in [-0.15, -0.1) is 0 Å². The lowest BCUT2D eigenvalue weighted by atomic mass is 10.2. The highest BCUT2D eigenvalue weighted by molar-refractivity contribution is 7.07. The van der Waals surface area contributed by atoms with Crippen molar-refractivity contribution in [2.75, 3.05) is 6.54 Å². The molecule has 21 heavy (non-hydrogen) atoms. The molecule has 110 valence electrons. The maximum absolute atomic E-state index is 11.8. The molecule has 2 aromatic rings. The minimum Gasteiger partial charge on any atom is -0.355 e. The summed E-state index contributed by atoms with van der Waals surface area (Å²) in [5.41, 5.74) is 4.72. The number of carbonyl (C=O) groups is 1. The first kappa shape index (κ1) is 14.2. The van der Waals surface area contributed by atoms with Gasteiger partial charge in [0.1, 0.15) is 5.82 Å². The Balaban J connectivity index is 1.51. The van der Waals surface area contributed by atoms with Crippen molar-refractivity contribution in [3.63, 3.8) is 0 Å². The van der Waals surface area contributed by atoms with E-state index in [2.05, 4.69) is 22.2 Å². The molecule has 0 bridgehead atoms. The zero-order valence-corrected chi connectivity index (χ0v) is 13.0. The summed E-state index contributed by atoms with van der Waals surface area (Å²) in [6.07, 6.45) is 4.51. The molecule has 0 saturated carbocycles. The Morgan fingerprint density at radius 1 is 1.38 bits per heavy atom. The van der Waals surface area contributed by atoms with Crippen LogP contribution in [0.2, 0.25) is 0 Å². The van der Waals surface area contributed by atoms with E-state index in [1.165, 1.54) is 17.7 Å². The summed E-state index contributed by atoms with van der Waals surface area (Å²) in [5, 5.41) is 6.94. The number of amides is 1. The van der Waals surface area contributed by atoms with E-state index in [1.807, 2.05) is 16.8 Å². The first-order valence-corrected chi connectivity index (χ1v) is 8.29. The number of hydrogen-bond acceptors (Lipinski definition) is 4. The third-order valence-electron chi connectivity index (χ3n) is 3.80. The Labute approximate surface area is 128 Å². The number of aromatic nitrogens is 2. The van der Waals surface area contributed by atoms with Gasteiger partial charge in [0.05, 0.1) is 6.42 Å². The van der Waals surface area contributed by atoms with Gasteiger partial charge < -0.3 is 5.32 Å².